The molecule has 136 valence electrons. The van der Waals surface area contributed by atoms with Gasteiger partial charge < -0.3 is 19.9 Å². The van der Waals surface area contributed by atoms with Crippen LogP contribution in [-0.2, 0) is 0 Å². The van der Waals surface area contributed by atoms with Gasteiger partial charge in [0.1, 0.15) is 12.6 Å². The molecule has 0 radical (unpaired) electrons. The van der Waals surface area contributed by atoms with Crippen LogP contribution in [0.4, 0.5) is 17.6 Å². The standard InChI is InChI=1S/C14H16F4N2O3.ClH/c15-13(16,8-21)12(20-5-3-19-4-6-20)9-1-2-10-11(7-9)23-14(17,18)22-10;/h1-2,7,12,19,21H,3-6,8H2;1H/t12-;/m1./s1. The Morgan fingerprint density at radius 1 is 1.21 bits per heavy atom. The lowest BCUT2D eigenvalue weighted by Crippen LogP contribution is -2.51. The first kappa shape index (κ1) is 19.0. The number of alkyl halides is 4. The van der Waals surface area contributed by atoms with E-state index in [0.717, 1.165) is 6.07 Å². The van der Waals surface area contributed by atoms with E-state index in [9.17, 15) is 17.6 Å². The maximum Gasteiger partial charge on any atom is 0.586 e. The number of aliphatic hydroxyl groups excluding tert-OH is 1. The quantitative estimate of drug-likeness (QED) is 0.792. The molecule has 24 heavy (non-hydrogen) atoms. The van der Waals surface area contributed by atoms with Gasteiger partial charge >= 0.3 is 6.29 Å². The summed E-state index contributed by atoms with van der Waals surface area (Å²) in [5, 5.41) is 12.1. The number of ether oxygens (including phenoxy) is 2. The lowest BCUT2D eigenvalue weighted by atomic mass is 9.97. The Bertz CT molecular complexity index is 585. The molecular weight excluding hydrogens is 356 g/mol. The zero-order chi connectivity index (χ0) is 16.7. The molecule has 0 saturated carbocycles. The molecule has 2 heterocycles. The summed E-state index contributed by atoms with van der Waals surface area (Å²) in [5.74, 6) is -3.92. The Balaban J connectivity index is 0.00000208. The van der Waals surface area contributed by atoms with E-state index in [4.69, 9.17) is 5.11 Å². The fourth-order valence-electron chi connectivity index (χ4n) is 2.88. The number of fused-ring (bicyclic) bond motifs is 1. The van der Waals surface area contributed by atoms with Gasteiger partial charge in [0.2, 0.25) is 0 Å². The molecule has 0 aromatic heterocycles. The number of nitrogens with zero attached hydrogens (tertiary/aromatic N) is 1. The van der Waals surface area contributed by atoms with Crippen molar-refractivity contribution in [2.75, 3.05) is 32.8 Å². The highest BCUT2D eigenvalue weighted by Gasteiger charge is 2.47. The molecule has 0 amide bonds. The van der Waals surface area contributed by atoms with E-state index in [-0.39, 0.29) is 29.5 Å². The first-order valence-electron chi connectivity index (χ1n) is 7.16. The van der Waals surface area contributed by atoms with Gasteiger partial charge in [0.25, 0.3) is 5.92 Å². The first-order chi connectivity index (χ1) is 10.8. The average molecular weight is 373 g/mol. The van der Waals surface area contributed by atoms with Crippen molar-refractivity contribution in [2.45, 2.75) is 18.3 Å². The summed E-state index contributed by atoms with van der Waals surface area (Å²) < 4.78 is 63.3. The molecule has 0 bridgehead atoms. The third kappa shape index (κ3) is 3.69. The highest BCUT2D eigenvalue weighted by atomic mass is 35.5. The maximum absolute atomic E-state index is 14.3. The molecule has 2 aliphatic rings. The van der Waals surface area contributed by atoms with Crippen LogP contribution in [0.25, 0.3) is 0 Å². The van der Waals surface area contributed by atoms with Crippen LogP contribution in [0.2, 0.25) is 0 Å². The zero-order valence-corrected chi connectivity index (χ0v) is 13.3. The Morgan fingerprint density at radius 2 is 1.83 bits per heavy atom. The van der Waals surface area contributed by atoms with Gasteiger partial charge in [0, 0.05) is 26.2 Å². The van der Waals surface area contributed by atoms with Crippen molar-refractivity contribution in [3.8, 4) is 11.5 Å². The Hall–Kier alpha value is -1.29. The Labute approximate surface area is 141 Å². The summed E-state index contributed by atoms with van der Waals surface area (Å²) in [4.78, 5) is 1.52. The van der Waals surface area contributed by atoms with E-state index in [2.05, 4.69) is 14.8 Å². The Kier molecular flexibility index (Phi) is 5.48. The molecule has 0 spiro atoms. The second kappa shape index (κ2) is 6.91. The maximum atomic E-state index is 14.3. The minimum absolute atomic E-state index is 0. The molecular formula is C14H17ClF4N2O3. The molecule has 2 aliphatic heterocycles. The molecule has 3 rings (SSSR count). The molecule has 1 aromatic carbocycles. The number of hydrogen-bond donors (Lipinski definition) is 2. The molecule has 1 fully saturated rings. The van der Waals surface area contributed by atoms with Crippen molar-refractivity contribution in [2.24, 2.45) is 0 Å². The monoisotopic (exact) mass is 372 g/mol. The van der Waals surface area contributed by atoms with Gasteiger partial charge in [0.05, 0.1) is 0 Å². The predicted molar refractivity (Wildman–Crippen MR) is 79.1 cm³/mol. The van der Waals surface area contributed by atoms with Gasteiger partial charge in [-0.2, -0.15) is 0 Å². The van der Waals surface area contributed by atoms with Crippen LogP contribution < -0.4 is 14.8 Å². The van der Waals surface area contributed by atoms with Crippen molar-refractivity contribution < 1.29 is 32.1 Å². The highest BCUT2D eigenvalue weighted by Crippen LogP contribution is 2.45. The van der Waals surface area contributed by atoms with Gasteiger partial charge in [0.15, 0.2) is 11.5 Å². The minimum Gasteiger partial charge on any atom is -0.395 e. The van der Waals surface area contributed by atoms with Gasteiger partial charge in [-0.25, -0.2) is 8.78 Å². The van der Waals surface area contributed by atoms with Crippen molar-refractivity contribution >= 4 is 12.4 Å². The Morgan fingerprint density at radius 3 is 2.46 bits per heavy atom. The molecule has 0 aliphatic carbocycles. The third-order valence-electron chi connectivity index (χ3n) is 3.87. The summed E-state index contributed by atoms with van der Waals surface area (Å²) in [6, 6.07) is 2.15. The molecule has 1 atom stereocenters. The summed E-state index contributed by atoms with van der Waals surface area (Å²) in [5.41, 5.74) is 0.0889. The number of hydrogen-bond acceptors (Lipinski definition) is 5. The third-order valence-corrected chi connectivity index (χ3v) is 3.87. The highest BCUT2D eigenvalue weighted by molar-refractivity contribution is 5.85. The molecule has 1 aromatic rings. The number of piperazine rings is 1. The first-order valence-corrected chi connectivity index (χ1v) is 7.16. The topological polar surface area (TPSA) is 54.0 Å². The lowest BCUT2D eigenvalue weighted by Gasteiger charge is -2.38. The molecule has 0 unspecified atom stereocenters. The van der Waals surface area contributed by atoms with E-state index < -0.39 is 24.9 Å². The van der Waals surface area contributed by atoms with Crippen LogP contribution in [0.15, 0.2) is 18.2 Å². The van der Waals surface area contributed by atoms with Crippen molar-refractivity contribution in [3.05, 3.63) is 23.8 Å². The number of nitrogens with one attached hydrogen (secondary N) is 1. The minimum atomic E-state index is -3.80. The average Bonchev–Trinajstić information content (AvgIpc) is 2.81. The van der Waals surface area contributed by atoms with Crippen LogP contribution in [0.1, 0.15) is 11.6 Å². The van der Waals surface area contributed by atoms with Crippen molar-refractivity contribution in [1.29, 1.82) is 0 Å². The zero-order valence-electron chi connectivity index (χ0n) is 12.5. The number of halogens is 5. The molecule has 10 heteroatoms. The van der Waals surface area contributed by atoms with Crippen molar-refractivity contribution in [1.82, 2.24) is 10.2 Å². The molecule has 1 saturated heterocycles. The van der Waals surface area contributed by atoms with Crippen LogP contribution in [0, 0.1) is 0 Å². The summed E-state index contributed by atoms with van der Waals surface area (Å²) in [7, 11) is 0. The summed E-state index contributed by atoms with van der Waals surface area (Å²) >= 11 is 0. The number of benzene rings is 1. The van der Waals surface area contributed by atoms with E-state index >= 15 is 0 Å². The summed E-state index contributed by atoms with van der Waals surface area (Å²) in [6.45, 7) is 0.420. The van der Waals surface area contributed by atoms with E-state index in [1.54, 1.807) is 0 Å². The van der Waals surface area contributed by atoms with Crippen LogP contribution in [-0.4, -0.2) is 55.0 Å². The van der Waals surface area contributed by atoms with Crippen LogP contribution >= 0.6 is 12.4 Å². The second-order valence-corrected chi connectivity index (χ2v) is 5.48. The molecule has 2 N–H and O–H groups in total. The second-order valence-electron chi connectivity index (χ2n) is 5.48. The number of rotatable bonds is 4. The van der Waals surface area contributed by atoms with E-state index in [1.807, 2.05) is 0 Å². The fourth-order valence-corrected chi connectivity index (χ4v) is 2.88. The van der Waals surface area contributed by atoms with Crippen LogP contribution in [0.5, 0.6) is 11.5 Å². The smallest absolute Gasteiger partial charge is 0.395 e. The summed E-state index contributed by atoms with van der Waals surface area (Å²) in [6.07, 6.45) is -3.80. The van der Waals surface area contributed by atoms with E-state index in [0.29, 0.717) is 26.2 Å². The van der Waals surface area contributed by atoms with Crippen molar-refractivity contribution in [3.63, 3.8) is 0 Å². The van der Waals surface area contributed by atoms with Crippen LogP contribution in [0.3, 0.4) is 0 Å². The lowest BCUT2D eigenvalue weighted by molar-refractivity contribution is -0.286. The largest absolute Gasteiger partial charge is 0.586 e. The number of aliphatic hydroxyl groups is 1. The van der Waals surface area contributed by atoms with Gasteiger partial charge in [-0.15, -0.1) is 21.2 Å². The van der Waals surface area contributed by atoms with Gasteiger partial charge in [-0.1, -0.05) is 6.07 Å². The normalized spacial score (nSPS) is 21.2. The molecule has 5 nitrogen and oxygen atoms in total. The fraction of sp³-hybridized carbons (Fsp3) is 0.571. The van der Waals surface area contributed by atoms with Gasteiger partial charge in [-0.05, 0) is 17.7 Å². The SMILES string of the molecule is Cl.OCC(F)(F)[C@@H](c1ccc2c(c1)OC(F)(F)O2)N1CCNCC1. The predicted octanol–water partition coefficient (Wildman–Crippen LogP) is 2.00. The van der Waals surface area contributed by atoms with E-state index in [1.165, 1.54) is 17.0 Å². The van der Waals surface area contributed by atoms with Gasteiger partial charge in [-0.3, -0.25) is 4.90 Å².